The third-order valence-electron chi connectivity index (χ3n) is 2.36. The van der Waals surface area contributed by atoms with Crippen LogP contribution in [-0.4, -0.2) is 35.4 Å². The van der Waals surface area contributed by atoms with Gasteiger partial charge in [-0.25, -0.2) is 4.39 Å². The van der Waals surface area contributed by atoms with E-state index >= 15 is 0 Å². The molecule has 1 aromatic carbocycles. The smallest absolute Gasteiger partial charge is 0.258 e. The standard InChI is InChI=1S/C11H13ClFN3O2/c1-16(6-5-9(14)15-18)11(17)10-7(12)3-2-4-8(10)13/h2-4,18H,5-6H2,1H3,(H2,14,15). The number of nitrogens with two attached hydrogens (primary N) is 1. The number of hydrogen-bond donors (Lipinski definition) is 2. The third-order valence-corrected chi connectivity index (χ3v) is 2.67. The Labute approximate surface area is 109 Å². The fraction of sp³-hybridized carbons (Fsp3) is 0.273. The summed E-state index contributed by atoms with van der Waals surface area (Å²) in [5.41, 5.74) is 5.10. The van der Waals surface area contributed by atoms with Gasteiger partial charge in [-0.15, -0.1) is 0 Å². The van der Waals surface area contributed by atoms with Crippen molar-refractivity contribution in [2.75, 3.05) is 13.6 Å². The van der Waals surface area contributed by atoms with Gasteiger partial charge in [0.05, 0.1) is 10.6 Å². The molecular weight excluding hydrogens is 261 g/mol. The molecule has 0 unspecified atom stereocenters. The molecule has 0 saturated carbocycles. The summed E-state index contributed by atoms with van der Waals surface area (Å²) in [5, 5.41) is 11.2. The van der Waals surface area contributed by atoms with Crippen molar-refractivity contribution in [3.8, 4) is 0 Å². The Morgan fingerprint density at radius 2 is 2.28 bits per heavy atom. The summed E-state index contributed by atoms with van der Waals surface area (Å²) in [4.78, 5) is 13.2. The molecule has 1 aromatic rings. The van der Waals surface area contributed by atoms with Gasteiger partial charge in [0.1, 0.15) is 11.7 Å². The Morgan fingerprint density at radius 3 is 2.83 bits per heavy atom. The van der Waals surface area contributed by atoms with Gasteiger partial charge in [0.2, 0.25) is 0 Å². The van der Waals surface area contributed by atoms with E-state index in [9.17, 15) is 9.18 Å². The molecule has 5 nitrogen and oxygen atoms in total. The molecule has 0 saturated heterocycles. The van der Waals surface area contributed by atoms with E-state index in [4.69, 9.17) is 22.5 Å². The number of hydrogen-bond acceptors (Lipinski definition) is 3. The zero-order valence-electron chi connectivity index (χ0n) is 9.73. The van der Waals surface area contributed by atoms with Crippen LogP contribution in [0.5, 0.6) is 0 Å². The summed E-state index contributed by atoms with van der Waals surface area (Å²) in [5.74, 6) is -1.23. The topological polar surface area (TPSA) is 78.9 Å². The van der Waals surface area contributed by atoms with Gasteiger partial charge < -0.3 is 15.8 Å². The Hall–Kier alpha value is -1.82. The van der Waals surface area contributed by atoms with E-state index in [2.05, 4.69) is 5.16 Å². The Morgan fingerprint density at radius 1 is 1.61 bits per heavy atom. The molecule has 0 aromatic heterocycles. The molecule has 0 bridgehead atoms. The summed E-state index contributed by atoms with van der Waals surface area (Å²) in [7, 11) is 1.48. The average Bonchev–Trinajstić information content (AvgIpc) is 2.34. The molecule has 1 amide bonds. The molecule has 0 aliphatic rings. The second-order valence-electron chi connectivity index (χ2n) is 3.66. The normalized spacial score (nSPS) is 11.4. The highest BCUT2D eigenvalue weighted by molar-refractivity contribution is 6.33. The number of benzene rings is 1. The Kier molecular flexibility index (Phi) is 4.91. The van der Waals surface area contributed by atoms with Crippen LogP contribution in [0.2, 0.25) is 5.02 Å². The second kappa shape index (κ2) is 6.20. The molecule has 1 rings (SSSR count). The third kappa shape index (κ3) is 3.33. The predicted octanol–water partition coefficient (Wildman–Crippen LogP) is 1.69. The van der Waals surface area contributed by atoms with Gasteiger partial charge in [-0.2, -0.15) is 0 Å². The van der Waals surface area contributed by atoms with E-state index in [0.717, 1.165) is 6.07 Å². The van der Waals surface area contributed by atoms with E-state index in [1.807, 2.05) is 0 Å². The van der Waals surface area contributed by atoms with E-state index in [-0.39, 0.29) is 29.4 Å². The summed E-state index contributed by atoms with van der Waals surface area (Å²) >= 11 is 5.78. The van der Waals surface area contributed by atoms with E-state index < -0.39 is 11.7 Å². The summed E-state index contributed by atoms with van der Waals surface area (Å²) < 4.78 is 13.5. The maximum atomic E-state index is 13.5. The highest BCUT2D eigenvalue weighted by atomic mass is 35.5. The first-order chi connectivity index (χ1) is 8.47. The van der Waals surface area contributed by atoms with Gasteiger partial charge in [-0.1, -0.05) is 22.8 Å². The van der Waals surface area contributed by atoms with E-state index in [0.29, 0.717) is 0 Å². The molecule has 3 N–H and O–H groups in total. The van der Waals surface area contributed by atoms with Crippen LogP contribution >= 0.6 is 11.6 Å². The van der Waals surface area contributed by atoms with Crippen LogP contribution in [0.1, 0.15) is 16.8 Å². The lowest BCUT2D eigenvalue weighted by molar-refractivity contribution is 0.0794. The maximum absolute atomic E-state index is 13.5. The lowest BCUT2D eigenvalue weighted by atomic mass is 10.2. The molecule has 18 heavy (non-hydrogen) atoms. The number of halogens is 2. The van der Waals surface area contributed by atoms with Gasteiger partial charge in [-0.05, 0) is 12.1 Å². The van der Waals surface area contributed by atoms with Crippen LogP contribution in [-0.2, 0) is 0 Å². The zero-order valence-corrected chi connectivity index (χ0v) is 10.5. The fourth-order valence-electron chi connectivity index (χ4n) is 1.33. The SMILES string of the molecule is CN(CC/C(N)=N/O)C(=O)c1c(F)cccc1Cl. The van der Waals surface area contributed by atoms with Crippen molar-refractivity contribution in [3.63, 3.8) is 0 Å². The molecule has 0 fully saturated rings. The molecule has 0 aliphatic heterocycles. The monoisotopic (exact) mass is 273 g/mol. The molecule has 0 spiro atoms. The number of nitrogens with zero attached hydrogens (tertiary/aromatic N) is 2. The minimum atomic E-state index is -0.678. The van der Waals surface area contributed by atoms with Crippen LogP contribution < -0.4 is 5.73 Å². The van der Waals surface area contributed by atoms with Crippen molar-refractivity contribution < 1.29 is 14.4 Å². The van der Waals surface area contributed by atoms with Crippen molar-refractivity contribution in [2.24, 2.45) is 10.9 Å². The zero-order chi connectivity index (χ0) is 13.7. The van der Waals surface area contributed by atoms with Crippen LogP contribution in [0.15, 0.2) is 23.4 Å². The van der Waals surface area contributed by atoms with Crippen molar-refractivity contribution in [1.82, 2.24) is 4.90 Å². The summed E-state index contributed by atoms with van der Waals surface area (Å²) in [6, 6.07) is 4.02. The molecule has 98 valence electrons. The Bertz CT molecular complexity index is 459. The number of carbonyl (C=O) groups is 1. The van der Waals surface area contributed by atoms with Crippen LogP contribution in [0.3, 0.4) is 0 Å². The number of carbonyl (C=O) groups excluding carboxylic acids is 1. The fourth-order valence-corrected chi connectivity index (χ4v) is 1.57. The first-order valence-electron chi connectivity index (χ1n) is 5.13. The lowest BCUT2D eigenvalue weighted by Crippen LogP contribution is -2.31. The molecule has 0 atom stereocenters. The largest absolute Gasteiger partial charge is 0.409 e. The minimum Gasteiger partial charge on any atom is -0.409 e. The van der Waals surface area contributed by atoms with Crippen molar-refractivity contribution in [2.45, 2.75) is 6.42 Å². The number of oxime groups is 1. The average molecular weight is 274 g/mol. The van der Waals surface area contributed by atoms with Gasteiger partial charge in [0.15, 0.2) is 0 Å². The highest BCUT2D eigenvalue weighted by Gasteiger charge is 2.19. The van der Waals surface area contributed by atoms with Gasteiger partial charge in [-0.3, -0.25) is 4.79 Å². The van der Waals surface area contributed by atoms with Crippen LogP contribution in [0, 0.1) is 5.82 Å². The molecule has 7 heteroatoms. The van der Waals surface area contributed by atoms with Crippen molar-refractivity contribution in [3.05, 3.63) is 34.6 Å². The highest BCUT2D eigenvalue weighted by Crippen LogP contribution is 2.20. The van der Waals surface area contributed by atoms with Gasteiger partial charge in [0.25, 0.3) is 5.91 Å². The molecule has 0 radical (unpaired) electrons. The Balaban J connectivity index is 2.81. The molecule has 0 heterocycles. The number of amidine groups is 1. The first-order valence-corrected chi connectivity index (χ1v) is 5.51. The second-order valence-corrected chi connectivity index (χ2v) is 4.07. The molecule has 0 aliphatic carbocycles. The van der Waals surface area contributed by atoms with Crippen molar-refractivity contribution >= 4 is 23.3 Å². The van der Waals surface area contributed by atoms with Gasteiger partial charge in [0, 0.05) is 20.0 Å². The predicted molar refractivity (Wildman–Crippen MR) is 66.4 cm³/mol. The quantitative estimate of drug-likeness (QED) is 0.379. The van der Waals surface area contributed by atoms with Crippen LogP contribution in [0.4, 0.5) is 4.39 Å². The summed E-state index contributed by atoms with van der Waals surface area (Å²) in [6.45, 7) is 0.194. The summed E-state index contributed by atoms with van der Waals surface area (Å²) in [6.07, 6.45) is 0.185. The van der Waals surface area contributed by atoms with Gasteiger partial charge >= 0.3 is 0 Å². The van der Waals surface area contributed by atoms with E-state index in [1.165, 1.54) is 24.1 Å². The maximum Gasteiger partial charge on any atom is 0.258 e. The lowest BCUT2D eigenvalue weighted by Gasteiger charge is -2.17. The first kappa shape index (κ1) is 14.2. The number of amides is 1. The molecular formula is C11H13ClFN3O2. The van der Waals surface area contributed by atoms with Crippen molar-refractivity contribution in [1.29, 1.82) is 0 Å². The minimum absolute atomic E-state index is 0.00530. The number of rotatable bonds is 4. The van der Waals surface area contributed by atoms with Crippen LogP contribution in [0.25, 0.3) is 0 Å². The van der Waals surface area contributed by atoms with E-state index in [1.54, 1.807) is 0 Å².